The zero-order valence-corrected chi connectivity index (χ0v) is 12.5. The molecule has 0 unspecified atom stereocenters. The van der Waals surface area contributed by atoms with Gasteiger partial charge in [0, 0.05) is 12.6 Å². The molecule has 2 fully saturated rings. The number of anilines is 1. The lowest BCUT2D eigenvalue weighted by molar-refractivity contribution is -0.222. The van der Waals surface area contributed by atoms with Crippen molar-refractivity contribution in [3.63, 3.8) is 0 Å². The van der Waals surface area contributed by atoms with Gasteiger partial charge in [-0.1, -0.05) is 18.2 Å². The molecule has 3 aliphatic heterocycles. The number of nitrogens with zero attached hydrogens (tertiary/aromatic N) is 1. The molecule has 0 aliphatic carbocycles. The van der Waals surface area contributed by atoms with Gasteiger partial charge < -0.3 is 14.4 Å². The lowest BCUT2D eigenvalue weighted by Gasteiger charge is -2.40. The molecule has 0 radical (unpaired) electrons. The van der Waals surface area contributed by atoms with Gasteiger partial charge in [-0.3, -0.25) is 9.59 Å². The van der Waals surface area contributed by atoms with Gasteiger partial charge in [0.05, 0.1) is 11.1 Å². The molecule has 2 bridgehead atoms. The van der Waals surface area contributed by atoms with E-state index < -0.39 is 22.9 Å². The highest BCUT2D eigenvalue weighted by Crippen LogP contribution is 2.62. The second-order valence-electron chi connectivity index (χ2n) is 6.65. The van der Waals surface area contributed by atoms with Crippen LogP contribution in [0.2, 0.25) is 0 Å². The lowest BCUT2D eigenvalue weighted by atomic mass is 9.73. The number of carbonyl (C=O) groups excluding carboxylic acids is 2. The summed E-state index contributed by atoms with van der Waals surface area (Å²) in [4.78, 5) is 27.1. The first kappa shape index (κ1) is 13.0. The summed E-state index contributed by atoms with van der Waals surface area (Å²) in [5, 5.41) is 0. The maximum absolute atomic E-state index is 12.8. The van der Waals surface area contributed by atoms with Crippen LogP contribution in [-0.4, -0.2) is 30.6 Å². The summed E-state index contributed by atoms with van der Waals surface area (Å²) in [5.74, 6) is -1.39. The molecule has 5 nitrogen and oxygen atoms in total. The Morgan fingerprint density at radius 3 is 2.43 bits per heavy atom. The Kier molecular flexibility index (Phi) is 2.08. The molecule has 0 aromatic heterocycles. The fourth-order valence-electron chi connectivity index (χ4n) is 3.66. The van der Waals surface area contributed by atoms with Crippen molar-refractivity contribution in [2.45, 2.75) is 38.3 Å². The van der Waals surface area contributed by atoms with Crippen molar-refractivity contribution in [1.29, 1.82) is 0 Å². The molecule has 3 aliphatic rings. The van der Waals surface area contributed by atoms with Gasteiger partial charge in [0.1, 0.15) is 0 Å². The van der Waals surface area contributed by atoms with Gasteiger partial charge >= 0.3 is 0 Å². The minimum absolute atomic E-state index is 0.0743. The minimum Gasteiger partial charge on any atom is -0.334 e. The number of hydrogen-bond acceptors (Lipinski definition) is 4. The Balaban J connectivity index is 1.96. The van der Waals surface area contributed by atoms with Gasteiger partial charge in [0.2, 0.25) is 5.60 Å². The van der Waals surface area contributed by atoms with Crippen LogP contribution >= 0.6 is 0 Å². The van der Waals surface area contributed by atoms with E-state index in [1.165, 1.54) is 0 Å². The highest BCUT2D eigenvalue weighted by molar-refractivity contribution is 6.12. The van der Waals surface area contributed by atoms with Crippen molar-refractivity contribution < 1.29 is 19.1 Å². The number of ketones is 1. The van der Waals surface area contributed by atoms with Crippen molar-refractivity contribution in [3.8, 4) is 0 Å². The second kappa shape index (κ2) is 3.36. The summed E-state index contributed by atoms with van der Waals surface area (Å²) < 4.78 is 12.0. The Labute approximate surface area is 122 Å². The van der Waals surface area contributed by atoms with Crippen LogP contribution in [0.1, 0.15) is 26.3 Å². The van der Waals surface area contributed by atoms with Crippen LogP contribution in [0.25, 0.3) is 0 Å². The van der Waals surface area contributed by atoms with E-state index in [1.54, 1.807) is 32.7 Å². The van der Waals surface area contributed by atoms with E-state index >= 15 is 0 Å². The number of para-hydroxylation sites is 1. The van der Waals surface area contributed by atoms with Gasteiger partial charge in [-0.15, -0.1) is 0 Å². The van der Waals surface area contributed by atoms with Crippen LogP contribution in [-0.2, 0) is 24.7 Å². The molecule has 0 N–H and O–H groups in total. The first-order valence-electron chi connectivity index (χ1n) is 7.06. The van der Waals surface area contributed by atoms with Crippen LogP contribution in [0.3, 0.4) is 0 Å². The van der Waals surface area contributed by atoms with Crippen LogP contribution in [0.15, 0.2) is 24.3 Å². The normalized spacial score (nSPS) is 39.4. The van der Waals surface area contributed by atoms with Gasteiger partial charge in [0.15, 0.2) is 17.7 Å². The zero-order valence-electron chi connectivity index (χ0n) is 12.5. The molecule has 1 spiro atoms. The van der Waals surface area contributed by atoms with Crippen molar-refractivity contribution in [1.82, 2.24) is 0 Å². The zero-order chi connectivity index (χ0) is 15.2. The van der Waals surface area contributed by atoms with E-state index in [0.29, 0.717) is 0 Å². The predicted octanol–water partition coefficient (Wildman–Crippen LogP) is 1.60. The summed E-state index contributed by atoms with van der Waals surface area (Å²) in [5.41, 5.74) is -0.602. The molecular formula is C16H17NO4. The van der Waals surface area contributed by atoms with E-state index in [2.05, 4.69) is 0 Å². The molecule has 21 heavy (non-hydrogen) atoms. The van der Waals surface area contributed by atoms with Crippen molar-refractivity contribution >= 4 is 17.4 Å². The standard InChI is InChI=1S/C16H17NO4/c1-14(2)11(18)12-16(21-15(14,3)20-12)9-7-5-6-8-10(9)17(4)13(16)19/h5-8,12H,1-4H3/t12-,15-,16+/m1/s1. The highest BCUT2D eigenvalue weighted by Gasteiger charge is 2.77. The minimum atomic E-state index is -1.33. The number of Topliss-reactive ketones (excluding diaryl/α,β-unsaturated/α-hetero) is 1. The van der Waals surface area contributed by atoms with E-state index in [0.717, 1.165) is 11.3 Å². The molecule has 5 heteroatoms. The smallest absolute Gasteiger partial charge is 0.267 e. The van der Waals surface area contributed by atoms with Gasteiger partial charge in [-0.2, -0.15) is 0 Å². The molecule has 3 atom stereocenters. The number of rotatable bonds is 0. The number of benzene rings is 1. The molecule has 1 amide bonds. The number of carbonyl (C=O) groups is 2. The maximum Gasteiger partial charge on any atom is 0.267 e. The van der Waals surface area contributed by atoms with Crippen molar-refractivity contribution in [3.05, 3.63) is 29.8 Å². The number of fused-ring (bicyclic) bond motifs is 5. The number of hydrogen-bond donors (Lipinski definition) is 0. The van der Waals surface area contributed by atoms with Gasteiger partial charge in [-0.25, -0.2) is 0 Å². The second-order valence-corrected chi connectivity index (χ2v) is 6.65. The highest BCUT2D eigenvalue weighted by atomic mass is 16.8. The lowest BCUT2D eigenvalue weighted by Crippen LogP contribution is -2.58. The van der Waals surface area contributed by atoms with Crippen LogP contribution in [0.4, 0.5) is 5.69 Å². The summed E-state index contributed by atoms with van der Waals surface area (Å²) in [6, 6.07) is 7.41. The fraction of sp³-hybridized carbons (Fsp3) is 0.500. The van der Waals surface area contributed by atoms with Crippen molar-refractivity contribution in [2.24, 2.45) is 5.41 Å². The van der Waals surface area contributed by atoms with E-state index in [1.807, 2.05) is 24.3 Å². The van der Waals surface area contributed by atoms with E-state index in [4.69, 9.17) is 9.47 Å². The Hall–Kier alpha value is -1.72. The SMILES string of the molecule is CN1C(=O)[C@]2(O[C@@]3(C)O[C@@H]2C(=O)C3(C)C)c2ccccc21. The fourth-order valence-corrected chi connectivity index (χ4v) is 3.66. The summed E-state index contributed by atoms with van der Waals surface area (Å²) >= 11 is 0. The molecule has 3 heterocycles. The molecule has 4 rings (SSSR count). The monoisotopic (exact) mass is 287 g/mol. The maximum atomic E-state index is 12.8. The average molecular weight is 287 g/mol. The van der Waals surface area contributed by atoms with Crippen LogP contribution < -0.4 is 4.90 Å². The molecule has 110 valence electrons. The van der Waals surface area contributed by atoms with Gasteiger partial charge in [-0.05, 0) is 26.8 Å². The average Bonchev–Trinajstić information content (AvgIpc) is 2.95. The molecule has 2 saturated heterocycles. The molecule has 0 saturated carbocycles. The third-order valence-corrected chi connectivity index (χ3v) is 5.35. The number of ether oxygens (including phenoxy) is 2. The first-order valence-corrected chi connectivity index (χ1v) is 7.06. The quantitative estimate of drug-likeness (QED) is 0.727. The summed E-state index contributed by atoms with van der Waals surface area (Å²) in [6.07, 6.45) is -0.879. The third-order valence-electron chi connectivity index (χ3n) is 5.35. The molecular weight excluding hydrogens is 270 g/mol. The third kappa shape index (κ3) is 1.14. The Morgan fingerprint density at radius 1 is 1.14 bits per heavy atom. The topological polar surface area (TPSA) is 55.8 Å². The summed E-state index contributed by atoms with van der Waals surface area (Å²) in [7, 11) is 1.70. The molecule has 1 aromatic rings. The van der Waals surface area contributed by atoms with E-state index in [9.17, 15) is 9.59 Å². The van der Waals surface area contributed by atoms with Crippen molar-refractivity contribution in [2.75, 3.05) is 11.9 Å². The largest absolute Gasteiger partial charge is 0.334 e. The predicted molar refractivity (Wildman–Crippen MR) is 74.7 cm³/mol. The van der Waals surface area contributed by atoms with Gasteiger partial charge in [0.25, 0.3) is 5.91 Å². The Bertz CT molecular complexity index is 697. The van der Waals surface area contributed by atoms with Crippen LogP contribution in [0.5, 0.6) is 0 Å². The van der Waals surface area contributed by atoms with Crippen LogP contribution in [0, 0.1) is 5.41 Å². The van der Waals surface area contributed by atoms with E-state index in [-0.39, 0.29) is 11.7 Å². The number of amides is 1. The molecule has 1 aromatic carbocycles. The number of likely N-dealkylation sites (N-methyl/N-ethyl adjacent to an activating group) is 1. The Morgan fingerprint density at radius 2 is 1.81 bits per heavy atom. The first-order chi connectivity index (χ1) is 9.76. The summed E-state index contributed by atoms with van der Waals surface area (Å²) in [6.45, 7) is 5.35.